The maximum atomic E-state index is 13.6. The monoisotopic (exact) mass is 605 g/mol. The van der Waals surface area contributed by atoms with E-state index in [9.17, 15) is 9.59 Å². The lowest BCUT2D eigenvalue weighted by Crippen LogP contribution is -2.31. The number of aryl methyl sites for hydroxylation is 1. The fraction of sp³-hybridized carbons (Fsp3) is 0.278. The number of hydrogen-bond donors (Lipinski definition) is 0. The molecule has 0 aliphatic carbocycles. The van der Waals surface area contributed by atoms with Crippen LogP contribution in [0.3, 0.4) is 0 Å². The standard InChI is InChI=1S/C36H35N3O6/c1-23-4-6-25(7-5-23)26-16-30(36(41)39(22-26)21-24-11-14-44-15-12-24)32(40)17-27-8-9-28(20-38-27)45-33-10-13-37-31-19-35(43-3)34(42-2)18-29(31)33/h4-10,13,16,18-20,22,24H,11-12,14-15,17,21H2,1-3H3. The maximum absolute atomic E-state index is 13.6. The summed E-state index contributed by atoms with van der Waals surface area (Å²) in [4.78, 5) is 36.1. The molecule has 4 heterocycles. The second-order valence-electron chi connectivity index (χ2n) is 11.2. The molecule has 0 bridgehead atoms. The van der Waals surface area contributed by atoms with Crippen LogP contribution in [0.25, 0.3) is 22.0 Å². The fourth-order valence-electron chi connectivity index (χ4n) is 5.58. The van der Waals surface area contributed by atoms with Gasteiger partial charge >= 0.3 is 0 Å². The van der Waals surface area contributed by atoms with Crippen molar-refractivity contribution in [3.05, 3.63) is 106 Å². The first-order chi connectivity index (χ1) is 21.9. The van der Waals surface area contributed by atoms with Crippen molar-refractivity contribution in [3.8, 4) is 34.1 Å². The van der Waals surface area contributed by atoms with Crippen molar-refractivity contribution in [2.24, 2.45) is 5.92 Å². The third-order valence-electron chi connectivity index (χ3n) is 8.14. The first-order valence-corrected chi connectivity index (χ1v) is 15.0. The maximum Gasteiger partial charge on any atom is 0.261 e. The third-order valence-corrected chi connectivity index (χ3v) is 8.14. The molecule has 6 rings (SSSR count). The number of carbonyl (C=O) groups excluding carboxylic acids is 1. The largest absolute Gasteiger partial charge is 0.493 e. The Kier molecular flexibility index (Phi) is 8.89. The van der Waals surface area contributed by atoms with Crippen LogP contribution >= 0.6 is 0 Å². The highest BCUT2D eigenvalue weighted by atomic mass is 16.5. The van der Waals surface area contributed by atoms with Crippen LogP contribution < -0.4 is 19.8 Å². The van der Waals surface area contributed by atoms with E-state index < -0.39 is 0 Å². The SMILES string of the molecule is COc1cc2nccc(Oc3ccc(CC(=O)c4cc(-c5ccc(C)cc5)cn(CC5CCOCC5)c4=O)nc3)c2cc1OC. The molecule has 0 amide bonds. The Morgan fingerprint density at radius 2 is 1.67 bits per heavy atom. The van der Waals surface area contributed by atoms with E-state index in [-0.39, 0.29) is 23.3 Å². The van der Waals surface area contributed by atoms with Gasteiger partial charge in [0.15, 0.2) is 17.3 Å². The molecule has 0 radical (unpaired) electrons. The lowest BCUT2D eigenvalue weighted by atomic mass is 9.98. The van der Waals surface area contributed by atoms with E-state index in [1.165, 1.54) is 0 Å². The van der Waals surface area contributed by atoms with E-state index in [1.807, 2.05) is 43.5 Å². The minimum absolute atomic E-state index is 0.0146. The summed E-state index contributed by atoms with van der Waals surface area (Å²) in [5.41, 5.74) is 4.04. The first kappa shape index (κ1) is 30.0. The molecule has 2 aromatic carbocycles. The zero-order chi connectivity index (χ0) is 31.3. The number of fused-ring (bicyclic) bond motifs is 1. The number of Topliss-reactive ketones (excluding diaryl/α,β-unsaturated/α-hetero) is 1. The van der Waals surface area contributed by atoms with Crippen LogP contribution in [-0.2, 0) is 17.7 Å². The van der Waals surface area contributed by atoms with Crippen LogP contribution in [0, 0.1) is 12.8 Å². The van der Waals surface area contributed by atoms with Gasteiger partial charge in [-0.05, 0) is 67.1 Å². The number of nitrogens with zero attached hydrogens (tertiary/aromatic N) is 3. The Bertz CT molecular complexity index is 1880. The van der Waals surface area contributed by atoms with Gasteiger partial charge in [-0.15, -0.1) is 0 Å². The molecular formula is C36H35N3O6. The summed E-state index contributed by atoms with van der Waals surface area (Å²) in [6, 6.07) is 18.7. The van der Waals surface area contributed by atoms with Gasteiger partial charge in [-0.25, -0.2) is 0 Å². The molecule has 0 N–H and O–H groups in total. The molecule has 1 saturated heterocycles. The van der Waals surface area contributed by atoms with Gasteiger partial charge in [0.05, 0.1) is 37.9 Å². The van der Waals surface area contributed by atoms with Gasteiger partial charge < -0.3 is 23.5 Å². The molecule has 1 aliphatic heterocycles. The van der Waals surface area contributed by atoms with Crippen LogP contribution in [-0.4, -0.2) is 47.8 Å². The van der Waals surface area contributed by atoms with Crippen LogP contribution in [0.5, 0.6) is 23.0 Å². The summed E-state index contributed by atoms with van der Waals surface area (Å²) in [5, 5.41) is 0.750. The smallest absolute Gasteiger partial charge is 0.261 e. The summed E-state index contributed by atoms with van der Waals surface area (Å²) in [5.74, 6) is 2.25. The topological polar surface area (TPSA) is 102 Å². The van der Waals surface area contributed by atoms with E-state index in [4.69, 9.17) is 18.9 Å². The summed E-state index contributed by atoms with van der Waals surface area (Å²) in [6.45, 7) is 3.96. The molecule has 9 heteroatoms. The molecule has 1 aliphatic rings. The second-order valence-corrected chi connectivity index (χ2v) is 11.2. The predicted molar refractivity (Wildman–Crippen MR) is 172 cm³/mol. The lowest BCUT2D eigenvalue weighted by Gasteiger charge is -2.23. The van der Waals surface area contributed by atoms with Crippen molar-refractivity contribution in [1.29, 1.82) is 0 Å². The Balaban J connectivity index is 1.24. The van der Waals surface area contributed by atoms with Crippen LogP contribution in [0.2, 0.25) is 0 Å². The fourth-order valence-corrected chi connectivity index (χ4v) is 5.58. The molecule has 230 valence electrons. The number of pyridine rings is 3. The highest BCUT2D eigenvalue weighted by Crippen LogP contribution is 2.36. The van der Waals surface area contributed by atoms with Crippen molar-refractivity contribution in [3.63, 3.8) is 0 Å². The van der Waals surface area contributed by atoms with Gasteiger partial charge in [-0.3, -0.25) is 19.6 Å². The molecule has 1 fully saturated rings. The van der Waals surface area contributed by atoms with E-state index in [0.29, 0.717) is 59.9 Å². The summed E-state index contributed by atoms with van der Waals surface area (Å²) >= 11 is 0. The Labute approximate surface area is 261 Å². The van der Waals surface area contributed by atoms with E-state index in [0.717, 1.165) is 34.9 Å². The van der Waals surface area contributed by atoms with Gasteiger partial charge in [0, 0.05) is 49.3 Å². The van der Waals surface area contributed by atoms with Gasteiger partial charge in [0.25, 0.3) is 5.56 Å². The number of ether oxygens (including phenoxy) is 4. The minimum Gasteiger partial charge on any atom is -0.493 e. The molecule has 0 saturated carbocycles. The molecular weight excluding hydrogens is 570 g/mol. The third kappa shape index (κ3) is 6.73. The average molecular weight is 606 g/mol. The zero-order valence-electron chi connectivity index (χ0n) is 25.6. The van der Waals surface area contributed by atoms with Crippen LogP contribution in [0.1, 0.15) is 34.5 Å². The van der Waals surface area contributed by atoms with Crippen molar-refractivity contribution in [2.45, 2.75) is 32.7 Å². The Hall–Kier alpha value is -5.02. The number of hydrogen-bond acceptors (Lipinski definition) is 8. The van der Waals surface area contributed by atoms with Crippen molar-refractivity contribution in [2.75, 3.05) is 27.4 Å². The molecule has 0 atom stereocenters. The predicted octanol–water partition coefficient (Wildman–Crippen LogP) is 6.43. The number of benzene rings is 2. The summed E-state index contributed by atoms with van der Waals surface area (Å²) in [6.07, 6.45) is 6.86. The van der Waals surface area contributed by atoms with Gasteiger partial charge in [-0.1, -0.05) is 29.8 Å². The average Bonchev–Trinajstić information content (AvgIpc) is 3.07. The van der Waals surface area contributed by atoms with Gasteiger partial charge in [0.1, 0.15) is 11.5 Å². The van der Waals surface area contributed by atoms with E-state index >= 15 is 0 Å². The minimum atomic E-state index is -0.281. The number of aromatic nitrogens is 3. The van der Waals surface area contributed by atoms with Crippen LogP contribution in [0.15, 0.2) is 84.0 Å². The van der Waals surface area contributed by atoms with E-state index in [2.05, 4.69) is 9.97 Å². The summed E-state index contributed by atoms with van der Waals surface area (Å²) < 4.78 is 24.2. The Morgan fingerprint density at radius 3 is 2.38 bits per heavy atom. The molecule has 45 heavy (non-hydrogen) atoms. The molecule has 0 spiro atoms. The van der Waals surface area contributed by atoms with Crippen molar-refractivity contribution in [1.82, 2.24) is 14.5 Å². The number of carbonyl (C=O) groups is 1. The highest BCUT2D eigenvalue weighted by molar-refractivity contribution is 5.98. The Morgan fingerprint density at radius 1 is 0.911 bits per heavy atom. The number of rotatable bonds is 10. The normalized spacial score (nSPS) is 13.5. The molecule has 3 aromatic heterocycles. The second kappa shape index (κ2) is 13.3. The molecule has 0 unspecified atom stereocenters. The quantitative estimate of drug-likeness (QED) is 0.168. The summed E-state index contributed by atoms with van der Waals surface area (Å²) in [7, 11) is 3.15. The van der Waals surface area contributed by atoms with Gasteiger partial charge in [0.2, 0.25) is 0 Å². The lowest BCUT2D eigenvalue weighted by molar-refractivity contribution is 0.0609. The van der Waals surface area contributed by atoms with E-state index in [1.54, 1.807) is 61.5 Å². The van der Waals surface area contributed by atoms with Gasteiger partial charge in [-0.2, -0.15) is 0 Å². The first-order valence-electron chi connectivity index (χ1n) is 15.0. The van der Waals surface area contributed by atoms with Crippen molar-refractivity contribution < 1.29 is 23.7 Å². The van der Waals surface area contributed by atoms with Crippen LogP contribution in [0.4, 0.5) is 0 Å². The molecule has 5 aromatic rings. The number of methoxy groups -OCH3 is 2. The number of ketones is 1. The highest BCUT2D eigenvalue weighted by Gasteiger charge is 2.20. The van der Waals surface area contributed by atoms with Crippen molar-refractivity contribution >= 4 is 16.7 Å². The molecule has 9 nitrogen and oxygen atoms in total. The zero-order valence-corrected chi connectivity index (χ0v) is 25.6.